The van der Waals surface area contributed by atoms with Gasteiger partial charge in [-0.3, -0.25) is 14.7 Å². The molecule has 7 nitrogen and oxygen atoms in total. The Bertz CT molecular complexity index is 837. The number of carbonyl (C=O) groups excluding carboxylic acids is 2. The van der Waals surface area contributed by atoms with Crippen LogP contribution >= 0.6 is 0 Å². The maximum atomic E-state index is 12.9. The number of amides is 2. The number of anilines is 2. The van der Waals surface area contributed by atoms with Crippen molar-refractivity contribution in [3.63, 3.8) is 0 Å². The Morgan fingerprint density at radius 2 is 1.86 bits per heavy atom. The molecule has 29 heavy (non-hydrogen) atoms. The highest BCUT2D eigenvalue weighted by Gasteiger charge is 2.30. The minimum atomic E-state index is -0.111. The molecule has 0 unspecified atom stereocenters. The van der Waals surface area contributed by atoms with Crippen LogP contribution in [0.15, 0.2) is 24.3 Å². The predicted molar refractivity (Wildman–Crippen MR) is 115 cm³/mol. The number of benzene rings is 1. The SMILES string of the molecule is CCCN(CCC)CCC(=O)Nc1n[nH]c2c1CCN(c1ccc(C)cc1)C2=O. The van der Waals surface area contributed by atoms with E-state index in [9.17, 15) is 9.59 Å². The third-order valence-corrected chi connectivity index (χ3v) is 5.25. The van der Waals surface area contributed by atoms with E-state index < -0.39 is 0 Å². The number of aromatic amines is 1. The molecule has 0 atom stereocenters. The Balaban J connectivity index is 1.63. The highest BCUT2D eigenvalue weighted by atomic mass is 16.2. The molecule has 3 rings (SSSR count). The van der Waals surface area contributed by atoms with E-state index >= 15 is 0 Å². The number of nitrogens with one attached hydrogen (secondary N) is 2. The van der Waals surface area contributed by atoms with E-state index in [-0.39, 0.29) is 11.8 Å². The van der Waals surface area contributed by atoms with E-state index in [0.29, 0.717) is 30.9 Å². The molecule has 0 radical (unpaired) electrons. The number of fused-ring (bicyclic) bond motifs is 1. The number of aromatic nitrogens is 2. The molecule has 1 aromatic heterocycles. The molecule has 0 spiro atoms. The molecule has 0 fully saturated rings. The van der Waals surface area contributed by atoms with E-state index in [1.165, 1.54) is 0 Å². The van der Waals surface area contributed by atoms with Crippen molar-refractivity contribution in [3.8, 4) is 0 Å². The van der Waals surface area contributed by atoms with Gasteiger partial charge in [-0.1, -0.05) is 31.5 Å². The number of hydrogen-bond donors (Lipinski definition) is 2. The van der Waals surface area contributed by atoms with Gasteiger partial charge in [0.1, 0.15) is 5.69 Å². The molecule has 1 aliphatic heterocycles. The van der Waals surface area contributed by atoms with Gasteiger partial charge in [0, 0.05) is 30.8 Å². The second-order valence-corrected chi connectivity index (χ2v) is 7.61. The summed E-state index contributed by atoms with van der Waals surface area (Å²) < 4.78 is 0. The molecule has 156 valence electrons. The average molecular weight is 398 g/mol. The molecule has 0 bridgehead atoms. The fourth-order valence-corrected chi connectivity index (χ4v) is 3.74. The Hall–Kier alpha value is -2.67. The molecular weight excluding hydrogens is 366 g/mol. The van der Waals surface area contributed by atoms with E-state index in [0.717, 1.165) is 49.3 Å². The van der Waals surface area contributed by atoms with Crippen LogP contribution in [-0.4, -0.2) is 53.1 Å². The molecule has 1 aromatic carbocycles. The van der Waals surface area contributed by atoms with Crippen molar-refractivity contribution in [1.29, 1.82) is 0 Å². The van der Waals surface area contributed by atoms with E-state index in [1.807, 2.05) is 31.2 Å². The summed E-state index contributed by atoms with van der Waals surface area (Å²) >= 11 is 0. The van der Waals surface area contributed by atoms with Gasteiger partial charge in [-0.2, -0.15) is 5.10 Å². The number of aryl methyl sites for hydroxylation is 1. The zero-order valence-corrected chi connectivity index (χ0v) is 17.6. The zero-order chi connectivity index (χ0) is 20.8. The van der Waals surface area contributed by atoms with Gasteiger partial charge in [-0.25, -0.2) is 0 Å². The number of hydrogen-bond acceptors (Lipinski definition) is 4. The van der Waals surface area contributed by atoms with Crippen LogP contribution in [0.3, 0.4) is 0 Å². The van der Waals surface area contributed by atoms with Crippen LogP contribution in [-0.2, 0) is 11.2 Å². The van der Waals surface area contributed by atoms with Crippen molar-refractivity contribution in [1.82, 2.24) is 15.1 Å². The van der Waals surface area contributed by atoms with Crippen molar-refractivity contribution in [2.75, 3.05) is 36.4 Å². The molecule has 0 saturated heterocycles. The molecular formula is C22H31N5O2. The monoisotopic (exact) mass is 397 g/mol. The lowest BCUT2D eigenvalue weighted by molar-refractivity contribution is -0.116. The molecule has 2 amide bonds. The Morgan fingerprint density at radius 1 is 1.17 bits per heavy atom. The van der Waals surface area contributed by atoms with Crippen LogP contribution in [0, 0.1) is 6.92 Å². The predicted octanol–water partition coefficient (Wildman–Crippen LogP) is 3.37. The van der Waals surface area contributed by atoms with Gasteiger partial charge >= 0.3 is 0 Å². The lowest BCUT2D eigenvalue weighted by Gasteiger charge is -2.27. The quantitative estimate of drug-likeness (QED) is 0.680. The zero-order valence-electron chi connectivity index (χ0n) is 17.6. The van der Waals surface area contributed by atoms with Crippen molar-refractivity contribution >= 4 is 23.3 Å². The molecule has 1 aliphatic rings. The van der Waals surface area contributed by atoms with Gasteiger partial charge in [0.05, 0.1) is 0 Å². The Labute approximate surface area is 172 Å². The normalized spacial score (nSPS) is 13.7. The Kier molecular flexibility index (Phi) is 7.04. The smallest absolute Gasteiger partial charge is 0.276 e. The fourth-order valence-electron chi connectivity index (χ4n) is 3.74. The molecule has 2 heterocycles. The van der Waals surface area contributed by atoms with Gasteiger partial charge in [0.25, 0.3) is 5.91 Å². The van der Waals surface area contributed by atoms with Crippen LogP contribution in [0.1, 0.15) is 54.7 Å². The minimum Gasteiger partial charge on any atom is -0.309 e. The highest BCUT2D eigenvalue weighted by molar-refractivity contribution is 6.08. The van der Waals surface area contributed by atoms with Gasteiger partial charge in [-0.15, -0.1) is 0 Å². The lowest BCUT2D eigenvalue weighted by Crippen LogP contribution is -2.37. The summed E-state index contributed by atoms with van der Waals surface area (Å²) in [7, 11) is 0. The summed E-state index contributed by atoms with van der Waals surface area (Å²) in [5.41, 5.74) is 3.29. The van der Waals surface area contributed by atoms with Gasteiger partial charge in [0.2, 0.25) is 5.91 Å². The first-order chi connectivity index (χ1) is 14.0. The topological polar surface area (TPSA) is 81.3 Å². The van der Waals surface area contributed by atoms with Gasteiger partial charge in [-0.05, 0) is 51.4 Å². The summed E-state index contributed by atoms with van der Waals surface area (Å²) in [6.07, 6.45) is 3.23. The van der Waals surface area contributed by atoms with Gasteiger partial charge in [0.15, 0.2) is 5.82 Å². The summed E-state index contributed by atoms with van der Waals surface area (Å²) in [6.45, 7) is 9.63. The van der Waals surface area contributed by atoms with Crippen molar-refractivity contribution < 1.29 is 9.59 Å². The number of H-pyrrole nitrogens is 1. The maximum absolute atomic E-state index is 12.9. The van der Waals surface area contributed by atoms with Gasteiger partial charge < -0.3 is 15.1 Å². The lowest BCUT2D eigenvalue weighted by atomic mass is 10.0. The fraction of sp³-hybridized carbons (Fsp3) is 0.500. The second kappa shape index (κ2) is 9.69. The third kappa shape index (κ3) is 5.03. The molecule has 2 aromatic rings. The maximum Gasteiger partial charge on any atom is 0.276 e. The first-order valence-electron chi connectivity index (χ1n) is 10.5. The molecule has 7 heteroatoms. The van der Waals surface area contributed by atoms with Crippen molar-refractivity contribution in [2.45, 2.75) is 46.5 Å². The summed E-state index contributed by atoms with van der Waals surface area (Å²) in [5, 5.41) is 9.94. The number of nitrogens with zero attached hydrogens (tertiary/aromatic N) is 3. The first-order valence-corrected chi connectivity index (χ1v) is 10.5. The highest BCUT2D eigenvalue weighted by Crippen LogP contribution is 2.27. The minimum absolute atomic E-state index is 0.0649. The van der Waals surface area contributed by atoms with Crippen molar-refractivity contribution in [3.05, 3.63) is 41.1 Å². The molecule has 0 saturated carbocycles. The standard InChI is InChI=1S/C22H31N5O2/c1-4-12-26(13-5-2)14-11-19(28)23-21-18-10-15-27(22(29)20(18)24-25-21)17-8-6-16(3)7-9-17/h6-9H,4-5,10-15H2,1-3H3,(H2,23,24,25,28). The summed E-state index contributed by atoms with van der Waals surface area (Å²) in [6, 6.07) is 7.90. The summed E-state index contributed by atoms with van der Waals surface area (Å²) in [4.78, 5) is 29.4. The molecule has 2 N–H and O–H groups in total. The molecule has 0 aliphatic carbocycles. The van der Waals surface area contributed by atoms with E-state index in [1.54, 1.807) is 4.90 Å². The van der Waals surface area contributed by atoms with Crippen LogP contribution in [0.2, 0.25) is 0 Å². The van der Waals surface area contributed by atoms with E-state index in [2.05, 4.69) is 34.3 Å². The van der Waals surface area contributed by atoms with Crippen LogP contribution < -0.4 is 10.2 Å². The third-order valence-electron chi connectivity index (χ3n) is 5.25. The van der Waals surface area contributed by atoms with E-state index in [4.69, 9.17) is 0 Å². The average Bonchev–Trinajstić information content (AvgIpc) is 3.11. The van der Waals surface area contributed by atoms with Crippen LogP contribution in [0.25, 0.3) is 0 Å². The van der Waals surface area contributed by atoms with Crippen LogP contribution in [0.5, 0.6) is 0 Å². The number of rotatable bonds is 9. The Morgan fingerprint density at radius 3 is 2.52 bits per heavy atom. The number of carbonyl (C=O) groups is 2. The summed E-state index contributed by atoms with van der Waals surface area (Å²) in [5.74, 6) is 0.310. The first kappa shape index (κ1) is 21.0. The van der Waals surface area contributed by atoms with Crippen LogP contribution in [0.4, 0.5) is 11.5 Å². The van der Waals surface area contributed by atoms with Crippen molar-refractivity contribution in [2.24, 2.45) is 0 Å². The largest absolute Gasteiger partial charge is 0.309 e. The second-order valence-electron chi connectivity index (χ2n) is 7.61.